The normalized spacial score (nSPS) is 13.3. The third-order valence-electron chi connectivity index (χ3n) is 4.90. The highest BCUT2D eigenvalue weighted by atomic mass is 16.7. The standard InChI is InChI=1S/C24H35NO9/c1-6-15(4)14-31-24(30)32-16(5)13-25-18(23(28)29)11-17-9-10-19(33-21(26)7-2)20(12-17)34-22(27)8-3/h9-10,12,15-16,18,25H,6-8,11,13-14H2,1-5H3,(H,28,29)/t15?,16?,18-/m0/s1. The minimum atomic E-state index is -1.11. The van der Waals surface area contributed by atoms with Crippen molar-refractivity contribution in [2.24, 2.45) is 5.92 Å². The van der Waals surface area contributed by atoms with Gasteiger partial charge in [0.05, 0.1) is 6.61 Å². The van der Waals surface area contributed by atoms with Crippen LogP contribution in [0, 0.1) is 5.92 Å². The predicted octanol–water partition coefficient (Wildman–Crippen LogP) is 3.49. The summed E-state index contributed by atoms with van der Waals surface area (Å²) in [7, 11) is 0. The summed E-state index contributed by atoms with van der Waals surface area (Å²) in [4.78, 5) is 47.0. The van der Waals surface area contributed by atoms with E-state index < -0.39 is 36.2 Å². The second-order valence-corrected chi connectivity index (χ2v) is 7.94. The maximum atomic E-state index is 11.8. The number of carbonyl (C=O) groups excluding carboxylic acids is 3. The van der Waals surface area contributed by atoms with Gasteiger partial charge in [-0.3, -0.25) is 14.4 Å². The van der Waals surface area contributed by atoms with E-state index in [4.69, 9.17) is 18.9 Å². The van der Waals surface area contributed by atoms with Crippen LogP contribution < -0.4 is 14.8 Å². The Morgan fingerprint density at radius 1 is 0.971 bits per heavy atom. The molecule has 190 valence electrons. The van der Waals surface area contributed by atoms with Crippen molar-refractivity contribution in [3.05, 3.63) is 23.8 Å². The first-order valence-corrected chi connectivity index (χ1v) is 11.4. The van der Waals surface area contributed by atoms with Crippen LogP contribution in [0.5, 0.6) is 11.5 Å². The molecular weight excluding hydrogens is 446 g/mol. The fourth-order valence-electron chi connectivity index (χ4n) is 2.59. The fraction of sp³-hybridized carbons (Fsp3) is 0.583. The Kier molecular flexibility index (Phi) is 12.7. The monoisotopic (exact) mass is 481 g/mol. The highest BCUT2D eigenvalue weighted by Crippen LogP contribution is 2.30. The molecule has 0 aliphatic carbocycles. The molecule has 10 nitrogen and oxygen atoms in total. The van der Waals surface area contributed by atoms with Gasteiger partial charge in [0, 0.05) is 19.4 Å². The van der Waals surface area contributed by atoms with Gasteiger partial charge in [-0.2, -0.15) is 0 Å². The fourth-order valence-corrected chi connectivity index (χ4v) is 2.59. The lowest BCUT2D eigenvalue weighted by molar-refractivity contribution is -0.139. The van der Waals surface area contributed by atoms with Gasteiger partial charge in [-0.05, 0) is 37.0 Å². The van der Waals surface area contributed by atoms with Crippen LogP contribution in [0.15, 0.2) is 18.2 Å². The first-order valence-electron chi connectivity index (χ1n) is 11.4. The molecule has 0 bridgehead atoms. The molecule has 10 heteroatoms. The number of rotatable bonds is 14. The van der Waals surface area contributed by atoms with Gasteiger partial charge >= 0.3 is 24.1 Å². The Bertz CT molecular complexity index is 840. The summed E-state index contributed by atoms with van der Waals surface area (Å²) in [6.07, 6.45) is -0.267. The third kappa shape index (κ3) is 10.7. The highest BCUT2D eigenvalue weighted by molar-refractivity contribution is 5.76. The van der Waals surface area contributed by atoms with E-state index in [2.05, 4.69) is 5.32 Å². The molecule has 2 N–H and O–H groups in total. The molecule has 2 unspecified atom stereocenters. The third-order valence-corrected chi connectivity index (χ3v) is 4.90. The van der Waals surface area contributed by atoms with E-state index in [1.165, 1.54) is 12.1 Å². The van der Waals surface area contributed by atoms with Gasteiger partial charge in [0.15, 0.2) is 11.5 Å². The van der Waals surface area contributed by atoms with Crippen molar-refractivity contribution in [3.63, 3.8) is 0 Å². The summed E-state index contributed by atoms with van der Waals surface area (Å²) in [5.74, 6) is -1.80. The van der Waals surface area contributed by atoms with Crippen molar-refractivity contribution in [1.82, 2.24) is 5.32 Å². The smallest absolute Gasteiger partial charge is 0.480 e. The van der Waals surface area contributed by atoms with E-state index in [-0.39, 0.29) is 49.8 Å². The minimum Gasteiger partial charge on any atom is -0.480 e. The van der Waals surface area contributed by atoms with Gasteiger partial charge < -0.3 is 29.4 Å². The van der Waals surface area contributed by atoms with Gasteiger partial charge in [-0.15, -0.1) is 0 Å². The van der Waals surface area contributed by atoms with Gasteiger partial charge in [-0.1, -0.05) is 40.2 Å². The van der Waals surface area contributed by atoms with Gasteiger partial charge in [-0.25, -0.2) is 4.79 Å². The van der Waals surface area contributed by atoms with Crippen LogP contribution in [0.4, 0.5) is 4.79 Å². The van der Waals surface area contributed by atoms with E-state index in [1.54, 1.807) is 26.8 Å². The van der Waals surface area contributed by atoms with Crippen LogP contribution in [0.25, 0.3) is 0 Å². The average Bonchev–Trinajstić information content (AvgIpc) is 2.80. The molecule has 3 atom stereocenters. The van der Waals surface area contributed by atoms with Crippen molar-refractivity contribution in [2.75, 3.05) is 13.2 Å². The molecule has 0 aliphatic heterocycles. The Hall–Kier alpha value is -3.14. The second-order valence-electron chi connectivity index (χ2n) is 7.94. The molecule has 0 fully saturated rings. The van der Waals surface area contributed by atoms with Gasteiger partial charge in [0.2, 0.25) is 0 Å². The van der Waals surface area contributed by atoms with Crippen LogP contribution in [-0.4, -0.2) is 54.5 Å². The molecule has 0 aromatic heterocycles. The Labute approximate surface area is 199 Å². The molecule has 0 spiro atoms. The van der Waals surface area contributed by atoms with Crippen LogP contribution in [0.1, 0.15) is 59.4 Å². The number of nitrogens with one attached hydrogen (secondary N) is 1. The van der Waals surface area contributed by atoms with Crippen molar-refractivity contribution < 1.29 is 43.2 Å². The Balaban J connectivity index is 2.81. The number of benzene rings is 1. The molecule has 1 aromatic rings. The number of esters is 2. The number of aliphatic carboxylic acids is 1. The van der Waals surface area contributed by atoms with Gasteiger partial charge in [0.1, 0.15) is 12.1 Å². The number of hydrogen-bond acceptors (Lipinski definition) is 9. The molecule has 0 heterocycles. The van der Waals surface area contributed by atoms with Crippen molar-refractivity contribution in [3.8, 4) is 11.5 Å². The molecule has 1 aromatic carbocycles. The topological polar surface area (TPSA) is 137 Å². The number of hydrogen-bond donors (Lipinski definition) is 2. The van der Waals surface area contributed by atoms with Crippen molar-refractivity contribution >= 4 is 24.1 Å². The predicted molar refractivity (Wildman–Crippen MR) is 123 cm³/mol. The highest BCUT2D eigenvalue weighted by Gasteiger charge is 2.22. The van der Waals surface area contributed by atoms with Crippen molar-refractivity contribution in [1.29, 1.82) is 0 Å². The Morgan fingerprint density at radius 2 is 1.59 bits per heavy atom. The summed E-state index contributed by atoms with van der Waals surface area (Å²) < 4.78 is 20.6. The second kappa shape index (κ2) is 14.9. The first-order chi connectivity index (χ1) is 16.1. The average molecular weight is 482 g/mol. The first kappa shape index (κ1) is 28.9. The summed E-state index contributed by atoms with van der Waals surface area (Å²) in [6.45, 7) is 9.15. The Morgan fingerprint density at radius 3 is 2.15 bits per heavy atom. The summed E-state index contributed by atoms with van der Waals surface area (Å²) in [5.41, 5.74) is 0.539. The summed E-state index contributed by atoms with van der Waals surface area (Å²) in [5, 5.41) is 12.5. The maximum Gasteiger partial charge on any atom is 0.508 e. The SMILES string of the molecule is CCC(=O)Oc1ccc(C[C@H](NCC(C)OC(=O)OCC(C)CC)C(=O)O)cc1OC(=O)CC. The molecule has 0 saturated heterocycles. The number of carboxylic acid groups (broad SMARTS) is 1. The zero-order valence-corrected chi connectivity index (χ0v) is 20.4. The number of ether oxygens (including phenoxy) is 4. The number of carbonyl (C=O) groups is 4. The van der Waals surface area contributed by atoms with E-state index in [0.717, 1.165) is 6.42 Å². The largest absolute Gasteiger partial charge is 0.508 e. The lowest BCUT2D eigenvalue weighted by Crippen LogP contribution is -2.42. The van der Waals surface area contributed by atoms with Crippen LogP contribution in [0.3, 0.4) is 0 Å². The van der Waals surface area contributed by atoms with E-state index >= 15 is 0 Å². The molecule has 0 amide bonds. The number of carboxylic acids is 1. The summed E-state index contributed by atoms with van der Waals surface area (Å²) >= 11 is 0. The molecule has 34 heavy (non-hydrogen) atoms. The van der Waals surface area contributed by atoms with E-state index in [0.29, 0.717) is 5.56 Å². The zero-order chi connectivity index (χ0) is 25.7. The lowest BCUT2D eigenvalue weighted by atomic mass is 10.0. The quantitative estimate of drug-likeness (QED) is 0.300. The van der Waals surface area contributed by atoms with E-state index in [9.17, 15) is 24.3 Å². The lowest BCUT2D eigenvalue weighted by Gasteiger charge is -2.19. The molecule has 0 radical (unpaired) electrons. The maximum absolute atomic E-state index is 11.8. The minimum absolute atomic E-state index is 0.0380. The van der Waals surface area contributed by atoms with Crippen molar-refractivity contribution in [2.45, 2.75) is 72.4 Å². The van der Waals surface area contributed by atoms with Crippen LogP contribution in [0.2, 0.25) is 0 Å². The summed E-state index contributed by atoms with van der Waals surface area (Å²) in [6, 6.07) is 3.50. The molecule has 0 saturated carbocycles. The van der Waals surface area contributed by atoms with Gasteiger partial charge in [0.25, 0.3) is 0 Å². The van der Waals surface area contributed by atoms with Crippen LogP contribution >= 0.6 is 0 Å². The van der Waals surface area contributed by atoms with Crippen LogP contribution in [-0.2, 0) is 30.3 Å². The molecule has 1 rings (SSSR count). The zero-order valence-electron chi connectivity index (χ0n) is 20.4. The van der Waals surface area contributed by atoms with E-state index in [1.807, 2.05) is 13.8 Å². The molecular formula is C24H35NO9. The molecule has 0 aliphatic rings.